The van der Waals surface area contributed by atoms with Crippen molar-refractivity contribution in [2.45, 2.75) is 6.92 Å². The number of nitrogens with one attached hydrogen (secondary N) is 2. The van der Waals surface area contributed by atoms with E-state index in [1.807, 2.05) is 0 Å². The van der Waals surface area contributed by atoms with Crippen molar-refractivity contribution in [1.29, 1.82) is 0 Å². The quantitative estimate of drug-likeness (QED) is 0.863. The molecule has 1 aromatic heterocycles. The molecular weight excluding hydrogens is 356 g/mol. The van der Waals surface area contributed by atoms with Crippen LogP contribution in [0.15, 0.2) is 54.5 Å². The molecule has 0 atom stereocenters. The Morgan fingerprint density at radius 1 is 1.23 bits per heavy atom. The summed E-state index contributed by atoms with van der Waals surface area (Å²) in [6, 6.07) is 8.27. The van der Waals surface area contributed by atoms with Crippen LogP contribution in [0.2, 0.25) is 5.02 Å². The van der Waals surface area contributed by atoms with Crippen LogP contribution in [0.5, 0.6) is 0 Å². The lowest BCUT2D eigenvalue weighted by Crippen LogP contribution is -2.31. The van der Waals surface area contributed by atoms with Crippen LogP contribution < -0.4 is 10.6 Å². The van der Waals surface area contributed by atoms with E-state index in [4.69, 9.17) is 11.6 Å². The molecule has 132 valence electrons. The van der Waals surface area contributed by atoms with Gasteiger partial charge in [0.25, 0.3) is 11.8 Å². The molecule has 0 unspecified atom stereocenters. The summed E-state index contributed by atoms with van der Waals surface area (Å²) >= 11 is 6.22. The van der Waals surface area contributed by atoms with Gasteiger partial charge in [-0.15, -0.1) is 0 Å². The standard InChI is InChI=1S/C18H15ClN4O3/c1-11(24)23-10-14(8-17(23)25)21-12-4-5-15(16(19)7-12)18(26)22-13-3-2-6-20-9-13/h2-9,21H,10H2,1H3,(H,22,26). The lowest BCUT2D eigenvalue weighted by Gasteiger charge is -2.13. The summed E-state index contributed by atoms with van der Waals surface area (Å²) < 4.78 is 0. The number of pyridine rings is 1. The third kappa shape index (κ3) is 3.89. The van der Waals surface area contributed by atoms with Crippen molar-refractivity contribution in [2.75, 3.05) is 17.2 Å². The topological polar surface area (TPSA) is 91.4 Å². The molecule has 0 radical (unpaired) electrons. The van der Waals surface area contributed by atoms with Gasteiger partial charge in [0.15, 0.2) is 0 Å². The van der Waals surface area contributed by atoms with Crippen LogP contribution in [0.1, 0.15) is 17.3 Å². The highest BCUT2D eigenvalue weighted by Crippen LogP contribution is 2.24. The minimum Gasteiger partial charge on any atom is -0.357 e. The Hall–Kier alpha value is -3.19. The molecule has 0 bridgehead atoms. The molecule has 8 heteroatoms. The van der Waals surface area contributed by atoms with Gasteiger partial charge in [0.2, 0.25) is 5.91 Å². The Labute approximate surface area is 154 Å². The second-order valence-electron chi connectivity index (χ2n) is 5.63. The van der Waals surface area contributed by atoms with E-state index in [2.05, 4.69) is 15.6 Å². The number of hydrogen-bond donors (Lipinski definition) is 2. The molecule has 0 spiro atoms. The van der Waals surface area contributed by atoms with E-state index in [1.54, 1.807) is 36.5 Å². The number of anilines is 2. The Balaban J connectivity index is 1.70. The SMILES string of the molecule is CC(=O)N1CC(Nc2ccc(C(=O)Nc3cccnc3)c(Cl)c2)=CC1=O. The first-order chi connectivity index (χ1) is 12.4. The van der Waals surface area contributed by atoms with Gasteiger partial charge in [-0.3, -0.25) is 24.3 Å². The average Bonchev–Trinajstić information content (AvgIpc) is 2.96. The van der Waals surface area contributed by atoms with Gasteiger partial charge < -0.3 is 10.6 Å². The van der Waals surface area contributed by atoms with Gasteiger partial charge in [-0.25, -0.2) is 0 Å². The molecule has 0 saturated heterocycles. The monoisotopic (exact) mass is 370 g/mol. The molecule has 0 saturated carbocycles. The maximum atomic E-state index is 12.3. The summed E-state index contributed by atoms with van der Waals surface area (Å²) in [5, 5.41) is 6.00. The fraction of sp³-hybridized carbons (Fsp3) is 0.111. The highest BCUT2D eigenvalue weighted by molar-refractivity contribution is 6.34. The second kappa shape index (κ2) is 7.37. The van der Waals surface area contributed by atoms with Crippen LogP contribution in [0.4, 0.5) is 11.4 Å². The Morgan fingerprint density at radius 2 is 2.04 bits per heavy atom. The van der Waals surface area contributed by atoms with Crippen molar-refractivity contribution in [3.63, 3.8) is 0 Å². The maximum absolute atomic E-state index is 12.3. The molecule has 2 heterocycles. The minimum absolute atomic E-state index is 0.176. The molecule has 1 aliphatic heterocycles. The lowest BCUT2D eigenvalue weighted by molar-refractivity contribution is -0.138. The van der Waals surface area contributed by atoms with Crippen molar-refractivity contribution in [3.05, 3.63) is 65.1 Å². The van der Waals surface area contributed by atoms with Gasteiger partial charge in [0.1, 0.15) is 0 Å². The van der Waals surface area contributed by atoms with Crippen LogP contribution in [0.25, 0.3) is 0 Å². The largest absolute Gasteiger partial charge is 0.357 e. The van der Waals surface area contributed by atoms with Crippen LogP contribution in [0.3, 0.4) is 0 Å². The van der Waals surface area contributed by atoms with Crippen molar-refractivity contribution in [3.8, 4) is 0 Å². The Kier molecular flexibility index (Phi) is 4.99. The third-order valence-corrected chi connectivity index (χ3v) is 4.02. The van der Waals surface area contributed by atoms with Crippen molar-refractivity contribution in [1.82, 2.24) is 9.88 Å². The maximum Gasteiger partial charge on any atom is 0.257 e. The second-order valence-corrected chi connectivity index (χ2v) is 6.04. The third-order valence-electron chi connectivity index (χ3n) is 3.71. The molecule has 0 aliphatic carbocycles. The molecule has 2 aromatic rings. The van der Waals surface area contributed by atoms with Gasteiger partial charge >= 0.3 is 0 Å². The fourth-order valence-electron chi connectivity index (χ4n) is 2.46. The number of carbonyl (C=O) groups excluding carboxylic acids is 3. The van der Waals surface area contributed by atoms with E-state index in [-0.39, 0.29) is 29.3 Å². The van der Waals surface area contributed by atoms with Crippen LogP contribution in [0, 0.1) is 0 Å². The van der Waals surface area contributed by atoms with Crippen LogP contribution >= 0.6 is 11.6 Å². The first-order valence-electron chi connectivity index (χ1n) is 7.74. The summed E-state index contributed by atoms with van der Waals surface area (Å²) in [6.07, 6.45) is 4.50. The number of amides is 3. The first-order valence-corrected chi connectivity index (χ1v) is 8.12. The van der Waals surface area contributed by atoms with Crippen molar-refractivity contribution >= 4 is 40.7 Å². The van der Waals surface area contributed by atoms with Gasteiger partial charge in [0.05, 0.1) is 29.0 Å². The zero-order valence-corrected chi connectivity index (χ0v) is 14.6. The molecule has 1 aliphatic rings. The van der Waals surface area contributed by atoms with E-state index in [1.165, 1.54) is 19.2 Å². The Bertz CT molecular complexity index is 912. The molecule has 26 heavy (non-hydrogen) atoms. The van der Waals surface area contributed by atoms with E-state index in [0.717, 1.165) is 4.90 Å². The van der Waals surface area contributed by atoms with Crippen molar-refractivity contribution < 1.29 is 14.4 Å². The average molecular weight is 371 g/mol. The van der Waals surface area contributed by atoms with Gasteiger partial charge in [0, 0.05) is 30.6 Å². The number of benzene rings is 1. The lowest BCUT2D eigenvalue weighted by atomic mass is 10.2. The van der Waals surface area contributed by atoms with E-state index >= 15 is 0 Å². The number of aromatic nitrogens is 1. The molecule has 7 nitrogen and oxygen atoms in total. The number of carbonyl (C=O) groups is 3. The fourth-order valence-corrected chi connectivity index (χ4v) is 2.73. The van der Waals surface area contributed by atoms with E-state index < -0.39 is 0 Å². The minimum atomic E-state index is -0.362. The smallest absolute Gasteiger partial charge is 0.257 e. The molecular formula is C18H15ClN4O3. The zero-order chi connectivity index (χ0) is 18.7. The Morgan fingerprint density at radius 3 is 2.65 bits per heavy atom. The summed E-state index contributed by atoms with van der Waals surface area (Å²) in [7, 11) is 0. The number of halogens is 1. The summed E-state index contributed by atoms with van der Waals surface area (Å²) in [5.74, 6) is -1.03. The summed E-state index contributed by atoms with van der Waals surface area (Å²) in [4.78, 5) is 40.4. The molecule has 3 rings (SSSR count). The number of rotatable bonds is 4. The number of nitrogens with zero attached hydrogens (tertiary/aromatic N) is 2. The normalized spacial score (nSPS) is 13.4. The summed E-state index contributed by atoms with van der Waals surface area (Å²) in [5.41, 5.74) is 2.06. The van der Waals surface area contributed by atoms with Crippen molar-refractivity contribution in [2.24, 2.45) is 0 Å². The molecule has 1 aromatic carbocycles. The molecule has 2 N–H and O–H groups in total. The van der Waals surface area contributed by atoms with Crippen LogP contribution in [-0.4, -0.2) is 34.2 Å². The van der Waals surface area contributed by atoms with E-state index in [0.29, 0.717) is 22.6 Å². The first kappa shape index (κ1) is 17.6. The van der Waals surface area contributed by atoms with Gasteiger partial charge in [-0.05, 0) is 30.3 Å². The highest BCUT2D eigenvalue weighted by atomic mass is 35.5. The van der Waals surface area contributed by atoms with E-state index in [9.17, 15) is 14.4 Å². The number of hydrogen-bond acceptors (Lipinski definition) is 5. The molecule has 0 fully saturated rings. The van der Waals surface area contributed by atoms with Crippen LogP contribution in [-0.2, 0) is 9.59 Å². The highest BCUT2D eigenvalue weighted by Gasteiger charge is 2.24. The van der Waals surface area contributed by atoms with Gasteiger partial charge in [-0.1, -0.05) is 11.6 Å². The summed E-state index contributed by atoms with van der Waals surface area (Å²) in [6.45, 7) is 1.51. The predicted molar refractivity (Wildman–Crippen MR) is 97.7 cm³/mol. The number of imide groups is 1. The zero-order valence-electron chi connectivity index (χ0n) is 13.8. The predicted octanol–water partition coefficient (Wildman–Crippen LogP) is 2.67. The van der Waals surface area contributed by atoms with Gasteiger partial charge in [-0.2, -0.15) is 0 Å². The molecule has 3 amide bonds.